The molecule has 4 nitrogen and oxygen atoms in total. The molecule has 0 atom stereocenters. The Labute approximate surface area is 81.4 Å². The molecule has 0 amide bonds. The Balaban J connectivity index is 3.40. The smallest absolute Gasteiger partial charge is 0.339 e. The summed E-state index contributed by atoms with van der Waals surface area (Å²) in [5.74, 6) is -1.71. The molecular weight excluding hydrogens is 184 g/mol. The van der Waals surface area contributed by atoms with E-state index in [1.54, 1.807) is 13.8 Å². The van der Waals surface area contributed by atoms with Gasteiger partial charge in [0.1, 0.15) is 17.1 Å². The first kappa shape index (κ1) is 10.4. The van der Waals surface area contributed by atoms with Gasteiger partial charge in [-0.05, 0) is 18.1 Å². The minimum Gasteiger partial charge on any atom is -0.508 e. The lowest BCUT2D eigenvalue weighted by Gasteiger charge is -2.10. The van der Waals surface area contributed by atoms with Crippen LogP contribution in [0.15, 0.2) is 12.1 Å². The van der Waals surface area contributed by atoms with Crippen molar-refractivity contribution in [2.45, 2.75) is 19.8 Å². The zero-order valence-electron chi connectivity index (χ0n) is 7.98. The summed E-state index contributed by atoms with van der Waals surface area (Å²) in [7, 11) is 0. The van der Waals surface area contributed by atoms with Crippen molar-refractivity contribution in [2.24, 2.45) is 0 Å². The van der Waals surface area contributed by atoms with Crippen molar-refractivity contribution in [1.29, 1.82) is 0 Å². The van der Waals surface area contributed by atoms with Gasteiger partial charge < -0.3 is 15.3 Å². The maximum absolute atomic E-state index is 10.7. The van der Waals surface area contributed by atoms with E-state index in [0.717, 1.165) is 6.07 Å². The summed E-state index contributed by atoms with van der Waals surface area (Å²) >= 11 is 0. The largest absolute Gasteiger partial charge is 0.508 e. The molecule has 0 unspecified atom stereocenters. The molecular formula is C10H12O4. The fraction of sp³-hybridized carbons (Fsp3) is 0.300. The first-order chi connectivity index (χ1) is 6.43. The van der Waals surface area contributed by atoms with Gasteiger partial charge in [0.25, 0.3) is 0 Å². The van der Waals surface area contributed by atoms with Gasteiger partial charge in [0.15, 0.2) is 0 Å². The van der Waals surface area contributed by atoms with Crippen LogP contribution in [0.3, 0.4) is 0 Å². The van der Waals surface area contributed by atoms with Gasteiger partial charge in [-0.3, -0.25) is 0 Å². The molecule has 0 bridgehead atoms. The molecule has 0 spiro atoms. The number of hydrogen-bond acceptors (Lipinski definition) is 3. The van der Waals surface area contributed by atoms with E-state index in [2.05, 4.69) is 0 Å². The minimum atomic E-state index is -1.25. The molecule has 0 saturated carbocycles. The van der Waals surface area contributed by atoms with Gasteiger partial charge in [-0.25, -0.2) is 4.79 Å². The molecule has 0 saturated heterocycles. The molecule has 0 fully saturated rings. The van der Waals surface area contributed by atoms with Crippen LogP contribution in [0.5, 0.6) is 11.5 Å². The van der Waals surface area contributed by atoms with E-state index in [0.29, 0.717) is 5.56 Å². The highest BCUT2D eigenvalue weighted by atomic mass is 16.4. The predicted octanol–water partition coefficient (Wildman–Crippen LogP) is 1.92. The third-order valence-electron chi connectivity index (χ3n) is 1.98. The first-order valence-corrected chi connectivity index (χ1v) is 4.22. The number of phenols is 2. The van der Waals surface area contributed by atoms with Crippen LogP contribution in [0.1, 0.15) is 35.7 Å². The van der Waals surface area contributed by atoms with Crippen LogP contribution in [-0.4, -0.2) is 21.3 Å². The van der Waals surface area contributed by atoms with Crippen LogP contribution in [-0.2, 0) is 0 Å². The van der Waals surface area contributed by atoms with Crippen molar-refractivity contribution in [3.05, 3.63) is 23.3 Å². The maximum Gasteiger partial charge on any atom is 0.339 e. The standard InChI is InChI=1S/C10H12O4/c1-5(2)7-3-6(11)4-8(9(7)12)10(13)14/h3-5,11-12H,1-2H3,(H,13,14). The Bertz CT molecular complexity index is 369. The molecule has 3 N–H and O–H groups in total. The Morgan fingerprint density at radius 2 is 1.86 bits per heavy atom. The second-order valence-electron chi connectivity index (χ2n) is 3.39. The molecule has 0 radical (unpaired) electrons. The molecule has 1 aromatic carbocycles. The van der Waals surface area contributed by atoms with E-state index in [1.165, 1.54) is 6.07 Å². The molecule has 0 aliphatic heterocycles. The molecule has 14 heavy (non-hydrogen) atoms. The van der Waals surface area contributed by atoms with Crippen molar-refractivity contribution >= 4 is 5.97 Å². The number of hydrogen-bond donors (Lipinski definition) is 3. The van der Waals surface area contributed by atoms with Gasteiger partial charge in [0.2, 0.25) is 0 Å². The summed E-state index contributed by atoms with van der Waals surface area (Å²) in [5.41, 5.74) is 0.163. The van der Waals surface area contributed by atoms with Crippen LogP contribution in [0.2, 0.25) is 0 Å². The van der Waals surface area contributed by atoms with Crippen molar-refractivity contribution < 1.29 is 20.1 Å². The third kappa shape index (κ3) is 1.79. The average Bonchev–Trinajstić information content (AvgIpc) is 2.07. The van der Waals surface area contributed by atoms with Crippen LogP contribution in [0, 0.1) is 0 Å². The first-order valence-electron chi connectivity index (χ1n) is 4.22. The summed E-state index contributed by atoms with van der Waals surface area (Å²) in [5, 5.41) is 27.5. The van der Waals surface area contributed by atoms with Gasteiger partial charge in [-0.2, -0.15) is 0 Å². The van der Waals surface area contributed by atoms with Crippen molar-refractivity contribution in [3.8, 4) is 11.5 Å². The zero-order chi connectivity index (χ0) is 10.9. The van der Waals surface area contributed by atoms with E-state index in [1.807, 2.05) is 0 Å². The second-order valence-corrected chi connectivity index (χ2v) is 3.39. The maximum atomic E-state index is 10.7. The van der Waals surface area contributed by atoms with E-state index >= 15 is 0 Å². The normalized spacial score (nSPS) is 10.5. The summed E-state index contributed by atoms with van der Waals surface area (Å²) in [4.78, 5) is 10.7. The summed E-state index contributed by atoms with van der Waals surface area (Å²) < 4.78 is 0. The van der Waals surface area contributed by atoms with Crippen molar-refractivity contribution in [3.63, 3.8) is 0 Å². The van der Waals surface area contributed by atoms with E-state index in [4.69, 9.17) is 5.11 Å². The average molecular weight is 196 g/mol. The van der Waals surface area contributed by atoms with Gasteiger partial charge in [-0.1, -0.05) is 13.8 Å². The van der Waals surface area contributed by atoms with Crippen molar-refractivity contribution in [2.75, 3.05) is 0 Å². The highest BCUT2D eigenvalue weighted by molar-refractivity contribution is 5.91. The number of aromatic hydroxyl groups is 2. The van der Waals surface area contributed by atoms with Gasteiger partial charge in [0, 0.05) is 5.56 Å². The number of carboxylic acids is 1. The third-order valence-corrected chi connectivity index (χ3v) is 1.98. The molecule has 1 rings (SSSR count). The minimum absolute atomic E-state index is 0.0415. The lowest BCUT2D eigenvalue weighted by Crippen LogP contribution is -2.00. The molecule has 76 valence electrons. The second kappa shape index (κ2) is 3.57. The molecule has 4 heteroatoms. The fourth-order valence-electron chi connectivity index (χ4n) is 1.24. The summed E-state index contributed by atoms with van der Waals surface area (Å²) in [6.45, 7) is 3.61. The number of carboxylic acid groups (broad SMARTS) is 1. The van der Waals surface area contributed by atoms with E-state index < -0.39 is 5.97 Å². The lowest BCUT2D eigenvalue weighted by molar-refractivity contribution is 0.0693. The number of rotatable bonds is 2. The zero-order valence-corrected chi connectivity index (χ0v) is 7.98. The van der Waals surface area contributed by atoms with E-state index in [-0.39, 0.29) is 23.0 Å². The van der Waals surface area contributed by atoms with Gasteiger partial charge in [-0.15, -0.1) is 0 Å². The Morgan fingerprint density at radius 1 is 1.29 bits per heavy atom. The highest BCUT2D eigenvalue weighted by Gasteiger charge is 2.16. The molecule has 0 aromatic heterocycles. The number of phenolic OH excluding ortho intramolecular Hbond substituents is 1. The highest BCUT2D eigenvalue weighted by Crippen LogP contribution is 2.32. The Hall–Kier alpha value is -1.71. The Morgan fingerprint density at radius 3 is 2.29 bits per heavy atom. The topological polar surface area (TPSA) is 77.8 Å². The van der Waals surface area contributed by atoms with Gasteiger partial charge in [0.05, 0.1) is 0 Å². The van der Waals surface area contributed by atoms with Crippen LogP contribution < -0.4 is 0 Å². The molecule has 0 heterocycles. The van der Waals surface area contributed by atoms with Crippen LogP contribution >= 0.6 is 0 Å². The van der Waals surface area contributed by atoms with Crippen LogP contribution in [0.4, 0.5) is 0 Å². The number of aromatic carboxylic acids is 1. The summed E-state index contributed by atoms with van der Waals surface area (Å²) in [6, 6.07) is 2.40. The van der Waals surface area contributed by atoms with E-state index in [9.17, 15) is 15.0 Å². The van der Waals surface area contributed by atoms with Crippen LogP contribution in [0.25, 0.3) is 0 Å². The quantitative estimate of drug-likeness (QED) is 0.631. The summed E-state index contributed by atoms with van der Waals surface area (Å²) in [6.07, 6.45) is 0. The van der Waals surface area contributed by atoms with Gasteiger partial charge >= 0.3 is 5.97 Å². The SMILES string of the molecule is CC(C)c1cc(O)cc(C(=O)O)c1O. The Kier molecular flexibility index (Phi) is 2.65. The monoisotopic (exact) mass is 196 g/mol. The molecule has 0 aliphatic carbocycles. The van der Waals surface area contributed by atoms with Crippen molar-refractivity contribution in [1.82, 2.24) is 0 Å². The lowest BCUT2D eigenvalue weighted by atomic mass is 9.98. The predicted molar refractivity (Wildman–Crippen MR) is 50.8 cm³/mol. The fourth-order valence-corrected chi connectivity index (χ4v) is 1.24. The number of benzene rings is 1. The number of carbonyl (C=O) groups is 1. The molecule has 0 aliphatic rings. The molecule has 1 aromatic rings.